The maximum absolute atomic E-state index is 12.7. The highest BCUT2D eigenvalue weighted by atomic mass is 32.2. The molecule has 1 saturated carbocycles. The largest absolute Gasteiger partial charge is 0.296 e. The number of benzene rings is 2. The first-order chi connectivity index (χ1) is 13.8. The minimum atomic E-state index is -3.76. The van der Waals surface area contributed by atoms with E-state index in [1.54, 1.807) is 12.1 Å². The van der Waals surface area contributed by atoms with Gasteiger partial charge in [-0.05, 0) is 68.1 Å². The first-order valence-corrected chi connectivity index (χ1v) is 11.5. The van der Waals surface area contributed by atoms with E-state index in [4.69, 9.17) is 0 Å². The maximum atomic E-state index is 12.7. The van der Waals surface area contributed by atoms with Crippen LogP contribution in [0.5, 0.6) is 0 Å². The Bertz CT molecular complexity index is 1170. The van der Waals surface area contributed by atoms with Gasteiger partial charge < -0.3 is 0 Å². The van der Waals surface area contributed by atoms with E-state index in [1.165, 1.54) is 35.6 Å². The Morgan fingerprint density at radius 2 is 1.79 bits per heavy atom. The van der Waals surface area contributed by atoms with Crippen LogP contribution >= 0.6 is 11.3 Å². The van der Waals surface area contributed by atoms with Gasteiger partial charge in [0, 0.05) is 11.5 Å². The first kappa shape index (κ1) is 19.5. The second-order valence-electron chi connectivity index (χ2n) is 7.05. The summed E-state index contributed by atoms with van der Waals surface area (Å²) in [6.45, 7) is 3.79. The monoisotopic (exact) mass is 428 g/mol. The predicted molar refractivity (Wildman–Crippen MR) is 113 cm³/mol. The number of anilines is 2. The van der Waals surface area contributed by atoms with Crippen LogP contribution in [0.25, 0.3) is 0 Å². The highest BCUT2D eigenvalue weighted by molar-refractivity contribution is 7.92. The Balaban J connectivity index is 1.47. The van der Waals surface area contributed by atoms with Gasteiger partial charge in [-0.2, -0.15) is 0 Å². The summed E-state index contributed by atoms with van der Waals surface area (Å²) in [4.78, 5) is 12.5. The molecule has 2 aromatic carbocycles. The van der Waals surface area contributed by atoms with Gasteiger partial charge in [-0.15, -0.1) is 10.2 Å². The molecule has 1 aliphatic rings. The molecule has 3 aromatic rings. The van der Waals surface area contributed by atoms with Crippen LogP contribution in [-0.2, 0) is 10.0 Å². The molecule has 0 radical (unpaired) electrons. The summed E-state index contributed by atoms with van der Waals surface area (Å²) in [5, 5.41) is 12.2. The Labute approximate surface area is 173 Å². The molecule has 4 rings (SSSR count). The van der Waals surface area contributed by atoms with Crippen LogP contribution in [0, 0.1) is 13.8 Å². The summed E-state index contributed by atoms with van der Waals surface area (Å²) in [5.74, 6) is 0.127. The molecule has 0 bridgehead atoms. The van der Waals surface area contributed by atoms with E-state index < -0.39 is 10.0 Å². The van der Waals surface area contributed by atoms with Crippen molar-refractivity contribution in [2.75, 3.05) is 10.0 Å². The van der Waals surface area contributed by atoms with Crippen molar-refractivity contribution in [1.82, 2.24) is 10.2 Å². The molecule has 1 aromatic heterocycles. The molecule has 0 unspecified atom stereocenters. The highest BCUT2D eigenvalue weighted by Gasteiger charge is 2.27. The number of aryl methyl sites for hydroxylation is 1. The highest BCUT2D eigenvalue weighted by Crippen LogP contribution is 2.42. The third-order valence-corrected chi connectivity index (χ3v) is 7.25. The van der Waals surface area contributed by atoms with Gasteiger partial charge in [0.05, 0.1) is 10.6 Å². The molecule has 1 amide bonds. The van der Waals surface area contributed by atoms with E-state index in [1.807, 2.05) is 19.9 Å². The van der Waals surface area contributed by atoms with Crippen LogP contribution in [-0.4, -0.2) is 24.5 Å². The van der Waals surface area contributed by atoms with Gasteiger partial charge in [-0.3, -0.25) is 14.8 Å². The number of hydrogen-bond acceptors (Lipinski definition) is 6. The summed E-state index contributed by atoms with van der Waals surface area (Å²) in [6, 6.07) is 11.2. The lowest BCUT2D eigenvalue weighted by molar-refractivity contribution is 0.102. The van der Waals surface area contributed by atoms with Crippen LogP contribution in [0.15, 0.2) is 47.4 Å². The lowest BCUT2D eigenvalue weighted by atomic mass is 10.1. The van der Waals surface area contributed by atoms with Gasteiger partial charge in [0.1, 0.15) is 5.01 Å². The number of hydrogen-bond donors (Lipinski definition) is 2. The van der Waals surface area contributed by atoms with Crippen molar-refractivity contribution in [3.05, 3.63) is 64.2 Å². The lowest BCUT2D eigenvalue weighted by Gasteiger charge is -2.12. The minimum absolute atomic E-state index is 0.0851. The molecular formula is C20H20N4O3S2. The number of nitrogens with zero attached hydrogens (tertiary/aromatic N) is 2. The molecule has 150 valence electrons. The van der Waals surface area contributed by atoms with E-state index in [-0.39, 0.29) is 10.8 Å². The number of aromatic nitrogens is 2. The second kappa shape index (κ2) is 7.57. The fourth-order valence-corrected chi connectivity index (χ4v) is 4.83. The summed E-state index contributed by atoms with van der Waals surface area (Å²) in [5.41, 5.74) is 2.75. The van der Waals surface area contributed by atoms with Crippen molar-refractivity contribution in [3.63, 3.8) is 0 Å². The molecule has 2 N–H and O–H groups in total. The zero-order valence-corrected chi connectivity index (χ0v) is 17.6. The Morgan fingerprint density at radius 1 is 1.07 bits per heavy atom. The summed E-state index contributed by atoms with van der Waals surface area (Å²) in [6.07, 6.45) is 2.24. The Kier molecular flexibility index (Phi) is 5.10. The molecule has 1 heterocycles. The fourth-order valence-electron chi connectivity index (χ4n) is 2.80. The molecule has 0 atom stereocenters. The summed E-state index contributed by atoms with van der Waals surface area (Å²) in [7, 11) is -3.76. The molecule has 1 aliphatic carbocycles. The predicted octanol–water partition coefficient (Wildman–Crippen LogP) is 4.09. The molecular weight excluding hydrogens is 408 g/mol. The molecule has 29 heavy (non-hydrogen) atoms. The van der Waals surface area contributed by atoms with Crippen LogP contribution < -0.4 is 10.0 Å². The van der Waals surface area contributed by atoms with Crippen molar-refractivity contribution < 1.29 is 13.2 Å². The van der Waals surface area contributed by atoms with E-state index in [0.717, 1.165) is 29.0 Å². The average Bonchev–Trinajstić information content (AvgIpc) is 3.45. The van der Waals surface area contributed by atoms with Crippen LogP contribution in [0.2, 0.25) is 0 Å². The number of carbonyl (C=O) groups is 1. The van der Waals surface area contributed by atoms with Crippen molar-refractivity contribution in [2.45, 2.75) is 37.5 Å². The normalized spacial score (nSPS) is 13.9. The van der Waals surface area contributed by atoms with Gasteiger partial charge in [0.25, 0.3) is 15.9 Å². The zero-order valence-electron chi connectivity index (χ0n) is 16.0. The number of carbonyl (C=O) groups excluding carboxylic acids is 1. The van der Waals surface area contributed by atoms with Crippen LogP contribution in [0.3, 0.4) is 0 Å². The molecule has 0 aliphatic heterocycles. The van der Waals surface area contributed by atoms with Gasteiger partial charge in [0.2, 0.25) is 5.13 Å². The third kappa shape index (κ3) is 4.30. The molecule has 0 saturated heterocycles. The standard InChI is InChI=1S/C20H20N4O3S2/c1-12-4-3-5-17(13(12)2)24-29(26,27)16-10-8-14(9-11-16)18(25)21-20-23-22-19(28-20)15-6-7-15/h3-5,8-11,15,24H,6-7H2,1-2H3,(H,21,23,25). The van der Waals surface area contributed by atoms with Crippen LogP contribution in [0.1, 0.15) is 45.3 Å². The van der Waals surface area contributed by atoms with E-state index in [0.29, 0.717) is 22.3 Å². The van der Waals surface area contributed by atoms with Crippen molar-refractivity contribution >= 4 is 38.1 Å². The molecule has 9 heteroatoms. The van der Waals surface area contributed by atoms with Gasteiger partial charge in [-0.25, -0.2) is 8.42 Å². The summed E-state index contributed by atoms with van der Waals surface area (Å²) >= 11 is 1.38. The van der Waals surface area contributed by atoms with Gasteiger partial charge in [0.15, 0.2) is 0 Å². The SMILES string of the molecule is Cc1cccc(NS(=O)(=O)c2ccc(C(=O)Nc3nnc(C4CC4)s3)cc2)c1C. The number of rotatable bonds is 6. The van der Waals surface area contributed by atoms with Crippen LogP contribution in [0.4, 0.5) is 10.8 Å². The van der Waals surface area contributed by atoms with Crippen molar-refractivity contribution in [2.24, 2.45) is 0 Å². The second-order valence-corrected chi connectivity index (χ2v) is 9.74. The fraction of sp³-hybridized carbons (Fsp3) is 0.250. The smallest absolute Gasteiger partial charge is 0.261 e. The molecule has 7 nitrogen and oxygen atoms in total. The third-order valence-electron chi connectivity index (χ3n) is 4.86. The zero-order chi connectivity index (χ0) is 20.6. The Morgan fingerprint density at radius 3 is 2.48 bits per heavy atom. The number of sulfonamides is 1. The number of amides is 1. The van der Waals surface area contributed by atoms with Gasteiger partial charge >= 0.3 is 0 Å². The summed E-state index contributed by atoms with van der Waals surface area (Å²) < 4.78 is 28.0. The maximum Gasteiger partial charge on any atom is 0.261 e. The lowest BCUT2D eigenvalue weighted by Crippen LogP contribution is -2.15. The van der Waals surface area contributed by atoms with E-state index in [9.17, 15) is 13.2 Å². The van der Waals surface area contributed by atoms with Crippen molar-refractivity contribution in [1.29, 1.82) is 0 Å². The van der Waals surface area contributed by atoms with Gasteiger partial charge in [-0.1, -0.05) is 23.5 Å². The minimum Gasteiger partial charge on any atom is -0.296 e. The van der Waals surface area contributed by atoms with E-state index >= 15 is 0 Å². The molecule has 0 spiro atoms. The van der Waals surface area contributed by atoms with Crippen molar-refractivity contribution in [3.8, 4) is 0 Å². The topological polar surface area (TPSA) is 101 Å². The quantitative estimate of drug-likeness (QED) is 0.616. The Hall–Kier alpha value is -2.78. The average molecular weight is 429 g/mol. The number of nitrogens with one attached hydrogen (secondary N) is 2. The van der Waals surface area contributed by atoms with E-state index in [2.05, 4.69) is 20.2 Å². The molecule has 1 fully saturated rings. The first-order valence-electron chi connectivity index (χ1n) is 9.17.